The van der Waals surface area contributed by atoms with Gasteiger partial charge >= 0.3 is 0 Å². The summed E-state index contributed by atoms with van der Waals surface area (Å²) in [6.45, 7) is 4.54. The minimum atomic E-state index is 0.332. The monoisotopic (exact) mass is 574 g/mol. The lowest BCUT2D eigenvalue weighted by Crippen LogP contribution is -1.91. The van der Waals surface area contributed by atoms with Crippen molar-refractivity contribution in [1.29, 1.82) is 0 Å². The number of hydrogen-bond donors (Lipinski definition) is 0. The van der Waals surface area contributed by atoms with Crippen molar-refractivity contribution in [3.8, 4) is 0 Å². The first-order valence-electron chi connectivity index (χ1n) is 15.6. The number of benzene rings is 3. The van der Waals surface area contributed by atoms with Crippen molar-refractivity contribution in [1.82, 2.24) is 0 Å². The molecule has 2 nitrogen and oxygen atoms in total. The van der Waals surface area contributed by atoms with E-state index in [2.05, 4.69) is 68.2 Å². The van der Waals surface area contributed by atoms with Crippen LogP contribution in [0.15, 0.2) is 62.3 Å². The fraction of sp³-hybridized carbons (Fsp3) is 0.472. The van der Waals surface area contributed by atoms with Gasteiger partial charge < -0.3 is 8.83 Å². The predicted molar refractivity (Wildman–Crippen MR) is 182 cm³/mol. The lowest BCUT2D eigenvalue weighted by atomic mass is 10.0. The largest absolute Gasteiger partial charge is 0.452 e. The average molecular weight is 575 g/mol. The summed E-state index contributed by atoms with van der Waals surface area (Å²) in [5.74, 6) is 8.08. The van der Waals surface area contributed by atoms with Gasteiger partial charge in [-0.15, -0.1) is 11.8 Å². The Bertz CT molecular complexity index is 1560. The molecule has 3 aromatic carbocycles. The lowest BCUT2D eigenvalue weighted by Gasteiger charge is -2.06. The molecule has 1 unspecified atom stereocenters. The van der Waals surface area contributed by atoms with Crippen molar-refractivity contribution in [3.05, 3.63) is 54.1 Å². The molecule has 0 saturated carbocycles. The third-order valence-electron chi connectivity index (χ3n) is 8.07. The minimum absolute atomic E-state index is 0.332. The molecule has 214 valence electrons. The summed E-state index contributed by atoms with van der Waals surface area (Å²) >= 11 is 1.95. The Morgan fingerprint density at radius 1 is 0.625 bits per heavy atom. The molecule has 0 fully saturated rings. The number of fused-ring (bicyclic) bond motifs is 7. The molecule has 5 aromatic rings. The van der Waals surface area contributed by atoms with Crippen molar-refractivity contribution in [2.45, 2.75) is 95.8 Å². The van der Waals surface area contributed by atoms with Gasteiger partial charge in [0.25, 0.3) is 0 Å². The standard InChI is InChI=1S/C36H46O2S2/c1-4-6-8-9-10-11-13-22-39-28-17-19-30-32-21-20-31-29-18-16-27(15-12-14-24-40(3)23-7-5-2)25-33(29)37-35(31)36(32)38-34(30)26-28/h16-21,25-26H,3-15,22-24H2,1-2H3. The van der Waals surface area contributed by atoms with Crippen molar-refractivity contribution < 1.29 is 8.83 Å². The highest BCUT2D eigenvalue weighted by molar-refractivity contribution is 8.14. The molecule has 40 heavy (non-hydrogen) atoms. The zero-order valence-electron chi connectivity index (χ0n) is 24.6. The average Bonchev–Trinajstić information content (AvgIpc) is 3.53. The van der Waals surface area contributed by atoms with Gasteiger partial charge in [0.1, 0.15) is 11.2 Å². The molecule has 2 aromatic heterocycles. The first-order chi connectivity index (χ1) is 19.7. The summed E-state index contributed by atoms with van der Waals surface area (Å²) in [7, 11) is 0.332. The molecule has 0 aliphatic heterocycles. The van der Waals surface area contributed by atoms with Gasteiger partial charge in [-0.3, -0.25) is 0 Å². The third-order valence-corrected chi connectivity index (χ3v) is 10.9. The van der Waals surface area contributed by atoms with Crippen LogP contribution in [-0.2, 0) is 6.42 Å². The van der Waals surface area contributed by atoms with Crippen LogP contribution in [0.2, 0.25) is 0 Å². The second kappa shape index (κ2) is 14.6. The van der Waals surface area contributed by atoms with Crippen LogP contribution in [0, 0.1) is 0 Å². The first kappa shape index (κ1) is 29.3. The molecule has 0 saturated heterocycles. The predicted octanol–water partition coefficient (Wildman–Crippen LogP) is 12.2. The van der Waals surface area contributed by atoms with Crippen molar-refractivity contribution in [2.75, 3.05) is 17.3 Å². The van der Waals surface area contributed by atoms with Gasteiger partial charge in [0.05, 0.1) is 0 Å². The van der Waals surface area contributed by atoms with Gasteiger partial charge in [-0.1, -0.05) is 76.8 Å². The summed E-state index contributed by atoms with van der Waals surface area (Å²) in [4.78, 5) is 1.29. The van der Waals surface area contributed by atoms with Crippen LogP contribution in [-0.4, -0.2) is 23.1 Å². The number of thioether (sulfide) groups is 1. The summed E-state index contributed by atoms with van der Waals surface area (Å²) in [6.07, 6.45) is 15.6. The maximum absolute atomic E-state index is 6.47. The highest BCUT2D eigenvalue weighted by Gasteiger charge is 2.16. The number of aryl methyl sites for hydroxylation is 1. The number of furan rings is 2. The van der Waals surface area contributed by atoms with E-state index < -0.39 is 0 Å². The van der Waals surface area contributed by atoms with E-state index in [0.29, 0.717) is 10.5 Å². The van der Waals surface area contributed by atoms with E-state index in [1.165, 1.54) is 109 Å². The Morgan fingerprint density at radius 3 is 1.95 bits per heavy atom. The number of unbranched alkanes of at least 4 members (excludes halogenated alkanes) is 8. The first-order valence-corrected chi connectivity index (χ1v) is 18.3. The second-order valence-corrected chi connectivity index (χ2v) is 14.5. The maximum Gasteiger partial charge on any atom is 0.178 e. The Hall–Kier alpha value is -2.17. The van der Waals surface area contributed by atoms with Crippen LogP contribution in [0.4, 0.5) is 0 Å². The van der Waals surface area contributed by atoms with Crippen LogP contribution >= 0.6 is 22.2 Å². The molecule has 0 bridgehead atoms. The van der Waals surface area contributed by atoms with E-state index in [0.717, 1.165) is 39.5 Å². The van der Waals surface area contributed by atoms with E-state index in [9.17, 15) is 0 Å². The topological polar surface area (TPSA) is 26.3 Å². The Labute approximate surface area is 247 Å². The number of rotatable bonds is 17. The molecule has 5 rings (SSSR count). The van der Waals surface area contributed by atoms with Crippen molar-refractivity contribution >= 4 is 72.0 Å². The van der Waals surface area contributed by atoms with Crippen LogP contribution in [0.3, 0.4) is 0 Å². The zero-order valence-corrected chi connectivity index (χ0v) is 26.2. The highest BCUT2D eigenvalue weighted by Crippen LogP contribution is 2.39. The van der Waals surface area contributed by atoms with Gasteiger partial charge in [0, 0.05) is 26.4 Å². The molecule has 4 heteroatoms. The highest BCUT2D eigenvalue weighted by atomic mass is 32.2. The zero-order chi connectivity index (χ0) is 27.7. The Morgan fingerprint density at radius 2 is 1.23 bits per heavy atom. The van der Waals surface area contributed by atoms with Gasteiger partial charge in [-0.2, -0.15) is 10.5 Å². The van der Waals surface area contributed by atoms with Gasteiger partial charge in [-0.25, -0.2) is 0 Å². The summed E-state index contributed by atoms with van der Waals surface area (Å²) in [5, 5.41) is 4.61. The number of hydrogen-bond acceptors (Lipinski definition) is 3. The summed E-state index contributed by atoms with van der Waals surface area (Å²) in [6, 6.07) is 17.8. The van der Waals surface area contributed by atoms with E-state index in [4.69, 9.17) is 8.83 Å². The molecule has 0 aliphatic carbocycles. The van der Waals surface area contributed by atoms with Gasteiger partial charge in [0.15, 0.2) is 11.2 Å². The van der Waals surface area contributed by atoms with E-state index >= 15 is 0 Å². The maximum atomic E-state index is 6.47. The third kappa shape index (κ3) is 7.18. The molecule has 0 spiro atoms. The van der Waals surface area contributed by atoms with E-state index in [-0.39, 0.29) is 0 Å². The van der Waals surface area contributed by atoms with Crippen molar-refractivity contribution in [3.63, 3.8) is 0 Å². The summed E-state index contributed by atoms with van der Waals surface area (Å²) in [5.41, 5.74) is 5.01. The fourth-order valence-electron chi connectivity index (χ4n) is 5.67. The fourth-order valence-corrected chi connectivity index (χ4v) is 8.13. The van der Waals surface area contributed by atoms with E-state index in [1.807, 2.05) is 11.8 Å². The van der Waals surface area contributed by atoms with E-state index in [1.54, 1.807) is 0 Å². The molecular weight excluding hydrogens is 529 g/mol. The molecule has 0 amide bonds. The van der Waals surface area contributed by atoms with Crippen LogP contribution in [0.25, 0.3) is 43.9 Å². The minimum Gasteiger partial charge on any atom is -0.452 e. The lowest BCUT2D eigenvalue weighted by molar-refractivity contribution is 0.603. The molecule has 0 aliphatic rings. The molecule has 1 atom stereocenters. The van der Waals surface area contributed by atoms with Crippen LogP contribution in [0.5, 0.6) is 0 Å². The van der Waals surface area contributed by atoms with Crippen LogP contribution < -0.4 is 0 Å². The quantitative estimate of drug-likeness (QED) is 0.0627. The SMILES string of the molecule is C=S(CCCC)CCCCc1ccc2c(c1)oc1c2ccc2c3ccc(SCCCCCCCCC)cc3oc21. The summed E-state index contributed by atoms with van der Waals surface area (Å²) < 4.78 is 12.9. The van der Waals surface area contributed by atoms with Crippen molar-refractivity contribution in [2.24, 2.45) is 0 Å². The van der Waals surface area contributed by atoms with Gasteiger partial charge in [0.2, 0.25) is 0 Å². The van der Waals surface area contributed by atoms with Gasteiger partial charge in [-0.05, 0) is 91.3 Å². The normalized spacial score (nSPS) is 12.8. The molecule has 0 radical (unpaired) electrons. The molecule has 0 N–H and O–H groups in total. The molecular formula is C36H46O2S2. The molecule has 2 heterocycles. The second-order valence-electron chi connectivity index (χ2n) is 11.3. The van der Waals surface area contributed by atoms with Crippen LogP contribution in [0.1, 0.15) is 90.0 Å². The Balaban J connectivity index is 1.25. The smallest absolute Gasteiger partial charge is 0.178 e. The Kier molecular flexibility index (Phi) is 10.7.